The van der Waals surface area contributed by atoms with Crippen LogP contribution in [0.5, 0.6) is 0 Å². The number of halogens is 1. The molecule has 0 amide bonds. The van der Waals surface area contributed by atoms with Gasteiger partial charge in [0.25, 0.3) is 5.56 Å². The van der Waals surface area contributed by atoms with E-state index < -0.39 is 0 Å². The predicted octanol–water partition coefficient (Wildman–Crippen LogP) is 4.12. The van der Waals surface area contributed by atoms with E-state index >= 15 is 0 Å². The topological polar surface area (TPSA) is 113 Å². The molecular weight excluding hydrogens is 450 g/mol. The third-order valence-electron chi connectivity index (χ3n) is 6.60. The molecule has 4 aromatic rings. The van der Waals surface area contributed by atoms with Crippen molar-refractivity contribution in [3.05, 3.63) is 62.4 Å². The summed E-state index contributed by atoms with van der Waals surface area (Å²) in [6, 6.07) is 8.04. The molecular formula is C25H26ClN7O. The summed E-state index contributed by atoms with van der Waals surface area (Å²) in [4.78, 5) is 30.5. The lowest BCUT2D eigenvalue weighted by atomic mass is 10.0. The van der Waals surface area contributed by atoms with Gasteiger partial charge in [0, 0.05) is 37.4 Å². The zero-order valence-electron chi connectivity index (χ0n) is 19.2. The molecule has 1 aromatic carbocycles. The number of fused-ring (bicyclic) bond motifs is 2. The molecule has 174 valence electrons. The number of benzene rings is 1. The number of piperidine rings is 1. The van der Waals surface area contributed by atoms with Crippen LogP contribution in [-0.2, 0) is 6.42 Å². The molecule has 1 aliphatic heterocycles. The van der Waals surface area contributed by atoms with Crippen LogP contribution < -0.4 is 10.9 Å². The van der Waals surface area contributed by atoms with Gasteiger partial charge >= 0.3 is 0 Å². The second-order valence-corrected chi connectivity index (χ2v) is 9.28. The summed E-state index contributed by atoms with van der Waals surface area (Å²) in [5.41, 5.74) is 4.86. The maximum Gasteiger partial charge on any atom is 0.258 e. The molecule has 0 radical (unpaired) electrons. The van der Waals surface area contributed by atoms with Crippen LogP contribution in [0.2, 0.25) is 5.02 Å². The van der Waals surface area contributed by atoms with Gasteiger partial charge in [-0.2, -0.15) is 5.26 Å². The number of aromatic amines is 2. The largest absolute Gasteiger partial charge is 0.381 e. The average molecular weight is 476 g/mol. The Morgan fingerprint density at radius 1 is 1.26 bits per heavy atom. The second-order valence-electron chi connectivity index (χ2n) is 8.87. The molecule has 0 unspecified atom stereocenters. The zero-order valence-corrected chi connectivity index (χ0v) is 20.0. The van der Waals surface area contributed by atoms with Gasteiger partial charge in [-0.05, 0) is 50.1 Å². The molecule has 0 saturated carbocycles. The average Bonchev–Trinajstić information content (AvgIpc) is 3.14. The van der Waals surface area contributed by atoms with Crippen molar-refractivity contribution < 1.29 is 0 Å². The van der Waals surface area contributed by atoms with E-state index in [-0.39, 0.29) is 5.56 Å². The number of nitriles is 1. The lowest BCUT2D eigenvalue weighted by Crippen LogP contribution is -2.38. The molecule has 3 N–H and O–H groups in total. The highest BCUT2D eigenvalue weighted by molar-refractivity contribution is 6.34. The minimum atomic E-state index is -0.221. The van der Waals surface area contributed by atoms with Crippen LogP contribution in [0.3, 0.4) is 0 Å². The number of hydrogen-bond acceptors (Lipinski definition) is 6. The van der Waals surface area contributed by atoms with Gasteiger partial charge in [0.05, 0.1) is 32.7 Å². The Bertz CT molecular complexity index is 1470. The van der Waals surface area contributed by atoms with Gasteiger partial charge in [0.1, 0.15) is 17.4 Å². The molecule has 8 nitrogen and oxygen atoms in total. The van der Waals surface area contributed by atoms with Crippen LogP contribution in [0.1, 0.15) is 42.4 Å². The van der Waals surface area contributed by atoms with Crippen LogP contribution in [0.4, 0.5) is 5.69 Å². The molecule has 0 spiro atoms. The van der Waals surface area contributed by atoms with Gasteiger partial charge in [0.2, 0.25) is 0 Å². The van der Waals surface area contributed by atoms with Gasteiger partial charge in [-0.25, -0.2) is 4.98 Å². The molecule has 4 heterocycles. The number of H-pyrrole nitrogens is 2. The van der Waals surface area contributed by atoms with E-state index in [1.165, 1.54) is 0 Å². The number of aromatic nitrogens is 4. The van der Waals surface area contributed by atoms with Crippen LogP contribution in [-0.4, -0.2) is 50.5 Å². The Balaban J connectivity index is 1.42. The molecule has 34 heavy (non-hydrogen) atoms. The molecule has 1 saturated heterocycles. The quantitative estimate of drug-likeness (QED) is 0.400. The number of rotatable bonds is 5. The van der Waals surface area contributed by atoms with Crippen molar-refractivity contribution in [2.45, 2.75) is 39.2 Å². The smallest absolute Gasteiger partial charge is 0.258 e. The van der Waals surface area contributed by atoms with Gasteiger partial charge in [-0.15, -0.1) is 0 Å². The Hall–Kier alpha value is -3.41. The Morgan fingerprint density at radius 3 is 2.79 bits per heavy atom. The highest BCUT2D eigenvalue weighted by Gasteiger charge is 2.19. The first kappa shape index (κ1) is 22.4. The van der Waals surface area contributed by atoms with E-state index in [2.05, 4.69) is 38.2 Å². The van der Waals surface area contributed by atoms with E-state index in [1.807, 2.05) is 19.1 Å². The molecule has 3 aromatic heterocycles. The van der Waals surface area contributed by atoms with Crippen molar-refractivity contribution in [1.82, 2.24) is 24.8 Å². The first-order valence-corrected chi connectivity index (χ1v) is 11.9. The SMILES string of the molecule is CCN1CCC(Nc2cc3nc(Cc4cnc5c(C#N)c(C)[nH]c5c4)[nH]c(=O)c3cc2Cl)CC1. The number of pyridine rings is 1. The fraction of sp³-hybridized carbons (Fsp3) is 0.360. The third kappa shape index (κ3) is 4.25. The summed E-state index contributed by atoms with van der Waals surface area (Å²) >= 11 is 6.51. The van der Waals surface area contributed by atoms with Crippen LogP contribution >= 0.6 is 11.6 Å². The summed E-state index contributed by atoms with van der Waals surface area (Å²) in [7, 11) is 0. The predicted molar refractivity (Wildman–Crippen MR) is 134 cm³/mol. The lowest BCUT2D eigenvalue weighted by molar-refractivity contribution is 0.229. The van der Waals surface area contributed by atoms with Gasteiger partial charge in [-0.3, -0.25) is 9.78 Å². The van der Waals surface area contributed by atoms with E-state index in [4.69, 9.17) is 16.6 Å². The van der Waals surface area contributed by atoms with Gasteiger partial charge in [-0.1, -0.05) is 18.5 Å². The van der Waals surface area contributed by atoms with Crippen molar-refractivity contribution in [2.75, 3.05) is 25.0 Å². The minimum absolute atomic E-state index is 0.221. The summed E-state index contributed by atoms with van der Waals surface area (Å²) in [6.07, 6.45) is 4.24. The molecule has 5 rings (SSSR count). The van der Waals surface area contributed by atoms with Crippen molar-refractivity contribution in [2.24, 2.45) is 0 Å². The molecule has 0 bridgehead atoms. The number of hydrogen-bond donors (Lipinski definition) is 3. The molecule has 0 aliphatic carbocycles. The highest BCUT2D eigenvalue weighted by Crippen LogP contribution is 2.28. The maximum atomic E-state index is 12.8. The zero-order chi connectivity index (χ0) is 23.8. The Morgan fingerprint density at radius 2 is 2.06 bits per heavy atom. The number of aryl methyl sites for hydroxylation is 1. The van der Waals surface area contributed by atoms with Gasteiger partial charge < -0.3 is 20.2 Å². The number of likely N-dealkylation sites (tertiary alicyclic amines) is 1. The summed E-state index contributed by atoms with van der Waals surface area (Å²) in [6.45, 7) is 7.24. The van der Waals surface area contributed by atoms with Crippen molar-refractivity contribution in [3.8, 4) is 6.07 Å². The third-order valence-corrected chi connectivity index (χ3v) is 6.91. The normalized spacial score (nSPS) is 15.1. The van der Waals surface area contributed by atoms with Crippen LogP contribution in [0.25, 0.3) is 21.9 Å². The van der Waals surface area contributed by atoms with Crippen LogP contribution in [0, 0.1) is 18.3 Å². The summed E-state index contributed by atoms with van der Waals surface area (Å²) in [5.74, 6) is 0.548. The first-order chi connectivity index (χ1) is 16.4. The van der Waals surface area contributed by atoms with E-state index in [0.717, 1.165) is 54.9 Å². The fourth-order valence-electron chi connectivity index (χ4n) is 4.69. The monoisotopic (exact) mass is 475 g/mol. The molecule has 9 heteroatoms. The van der Waals surface area contributed by atoms with E-state index in [0.29, 0.717) is 45.3 Å². The molecule has 1 aliphatic rings. The Labute approximate surface area is 202 Å². The molecule has 1 fully saturated rings. The Kier molecular flexibility index (Phi) is 5.98. The molecule has 0 atom stereocenters. The number of nitrogens with zero attached hydrogens (tertiary/aromatic N) is 4. The van der Waals surface area contributed by atoms with Crippen LogP contribution in [0.15, 0.2) is 29.2 Å². The lowest BCUT2D eigenvalue weighted by Gasteiger charge is -2.32. The number of anilines is 1. The highest BCUT2D eigenvalue weighted by atomic mass is 35.5. The van der Waals surface area contributed by atoms with Crippen molar-refractivity contribution >= 4 is 39.2 Å². The fourth-order valence-corrected chi connectivity index (χ4v) is 4.91. The van der Waals surface area contributed by atoms with E-state index in [1.54, 1.807) is 12.3 Å². The van der Waals surface area contributed by atoms with E-state index in [9.17, 15) is 10.1 Å². The summed E-state index contributed by atoms with van der Waals surface area (Å²) < 4.78 is 0. The van der Waals surface area contributed by atoms with Crippen molar-refractivity contribution in [3.63, 3.8) is 0 Å². The first-order valence-electron chi connectivity index (χ1n) is 11.5. The van der Waals surface area contributed by atoms with Gasteiger partial charge in [0.15, 0.2) is 0 Å². The second kappa shape index (κ2) is 9.09. The minimum Gasteiger partial charge on any atom is -0.381 e. The maximum absolute atomic E-state index is 12.8. The number of nitrogens with one attached hydrogen (secondary N) is 3. The summed E-state index contributed by atoms with van der Waals surface area (Å²) in [5, 5.41) is 13.9. The van der Waals surface area contributed by atoms with Crippen molar-refractivity contribution in [1.29, 1.82) is 5.26 Å². The standard InChI is InChI=1S/C25H26ClN7O/c1-3-33-6-4-16(5-7-33)30-21-11-20-17(10-19(21)26)25(34)32-23(31-20)9-15-8-22-24(28-13-15)18(12-27)14(2)29-22/h8,10-11,13,16,29-30H,3-7,9H2,1-2H3,(H,31,32,34).